The van der Waals surface area contributed by atoms with E-state index in [4.69, 9.17) is 10.00 Å². The SMILES string of the molecule is CCCc1nc(NCC)cc(N2CCOC(C#N)C2)n1. The number of anilines is 2. The number of ether oxygens (including phenoxy) is 1. The van der Waals surface area contributed by atoms with Gasteiger partial charge in [-0.2, -0.15) is 5.26 Å². The maximum absolute atomic E-state index is 8.99. The Bertz CT molecular complexity index is 461. The van der Waals surface area contributed by atoms with E-state index in [0.717, 1.165) is 43.4 Å². The van der Waals surface area contributed by atoms with Gasteiger partial charge in [-0.15, -0.1) is 0 Å². The first-order valence-electron chi connectivity index (χ1n) is 7.14. The molecule has 108 valence electrons. The number of hydrogen-bond acceptors (Lipinski definition) is 6. The van der Waals surface area contributed by atoms with Gasteiger partial charge in [0.2, 0.25) is 0 Å². The molecule has 20 heavy (non-hydrogen) atoms. The summed E-state index contributed by atoms with van der Waals surface area (Å²) in [6.07, 6.45) is 1.49. The van der Waals surface area contributed by atoms with Crippen molar-refractivity contribution in [3.8, 4) is 6.07 Å². The Morgan fingerprint density at radius 1 is 1.50 bits per heavy atom. The molecular formula is C14H21N5O. The standard InChI is InChI=1S/C14H21N5O/c1-3-5-12-17-13(16-4-2)8-14(18-12)19-6-7-20-11(9-15)10-19/h8,11H,3-7,10H2,1-2H3,(H,16,17,18). The molecule has 1 aliphatic rings. The van der Waals surface area contributed by atoms with Crippen LogP contribution in [0.25, 0.3) is 0 Å². The molecule has 1 atom stereocenters. The molecule has 6 nitrogen and oxygen atoms in total. The van der Waals surface area contributed by atoms with Crippen LogP contribution in [0.2, 0.25) is 0 Å². The van der Waals surface area contributed by atoms with Crippen LogP contribution in [0.5, 0.6) is 0 Å². The summed E-state index contributed by atoms with van der Waals surface area (Å²) >= 11 is 0. The van der Waals surface area contributed by atoms with Crippen LogP contribution in [0.3, 0.4) is 0 Å². The molecule has 0 bridgehead atoms. The fraction of sp³-hybridized carbons (Fsp3) is 0.643. The third-order valence-electron chi connectivity index (χ3n) is 3.12. The van der Waals surface area contributed by atoms with Crippen LogP contribution in [0.4, 0.5) is 11.6 Å². The molecule has 1 fully saturated rings. The summed E-state index contributed by atoms with van der Waals surface area (Å²) in [5.74, 6) is 2.57. The van der Waals surface area contributed by atoms with Crippen molar-refractivity contribution in [1.82, 2.24) is 9.97 Å². The minimum absolute atomic E-state index is 0.379. The first-order valence-corrected chi connectivity index (χ1v) is 7.14. The topological polar surface area (TPSA) is 74.1 Å². The summed E-state index contributed by atoms with van der Waals surface area (Å²) in [4.78, 5) is 11.2. The van der Waals surface area contributed by atoms with Crippen LogP contribution in [-0.4, -0.2) is 42.3 Å². The van der Waals surface area contributed by atoms with Crippen molar-refractivity contribution in [1.29, 1.82) is 5.26 Å². The molecule has 2 rings (SSSR count). The van der Waals surface area contributed by atoms with Gasteiger partial charge >= 0.3 is 0 Å². The smallest absolute Gasteiger partial charge is 0.161 e. The summed E-state index contributed by atoms with van der Waals surface area (Å²) in [5.41, 5.74) is 0. The zero-order valence-corrected chi connectivity index (χ0v) is 12.1. The lowest BCUT2D eigenvalue weighted by atomic mass is 10.2. The molecule has 6 heteroatoms. The van der Waals surface area contributed by atoms with Gasteiger partial charge in [-0.3, -0.25) is 0 Å². The van der Waals surface area contributed by atoms with Crippen molar-refractivity contribution in [2.75, 3.05) is 36.5 Å². The molecule has 1 saturated heterocycles. The molecule has 1 unspecified atom stereocenters. The Morgan fingerprint density at radius 3 is 3.05 bits per heavy atom. The van der Waals surface area contributed by atoms with Gasteiger partial charge in [-0.25, -0.2) is 9.97 Å². The van der Waals surface area contributed by atoms with Gasteiger partial charge in [0.05, 0.1) is 19.2 Å². The number of rotatable bonds is 5. The Morgan fingerprint density at radius 2 is 2.35 bits per heavy atom. The van der Waals surface area contributed by atoms with Crippen molar-refractivity contribution >= 4 is 11.6 Å². The van der Waals surface area contributed by atoms with Gasteiger partial charge in [0, 0.05) is 25.6 Å². The molecular weight excluding hydrogens is 254 g/mol. The quantitative estimate of drug-likeness (QED) is 0.879. The van der Waals surface area contributed by atoms with Gasteiger partial charge in [0.15, 0.2) is 6.10 Å². The molecule has 1 N–H and O–H groups in total. The third-order valence-corrected chi connectivity index (χ3v) is 3.12. The van der Waals surface area contributed by atoms with Crippen LogP contribution < -0.4 is 10.2 Å². The number of nitrogens with one attached hydrogen (secondary N) is 1. The first kappa shape index (κ1) is 14.5. The maximum atomic E-state index is 8.99. The molecule has 0 aliphatic carbocycles. The van der Waals surface area contributed by atoms with E-state index in [1.165, 1.54) is 0 Å². The summed E-state index contributed by atoms with van der Waals surface area (Å²) in [6.45, 7) is 6.86. The summed E-state index contributed by atoms with van der Waals surface area (Å²) in [6, 6.07) is 4.11. The fourth-order valence-corrected chi connectivity index (χ4v) is 2.19. The molecule has 2 heterocycles. The number of nitrogens with zero attached hydrogens (tertiary/aromatic N) is 4. The predicted octanol–water partition coefficient (Wildman–Crippen LogP) is 1.59. The maximum Gasteiger partial charge on any atom is 0.161 e. The largest absolute Gasteiger partial charge is 0.370 e. The molecule has 0 spiro atoms. The average molecular weight is 275 g/mol. The second-order valence-electron chi connectivity index (χ2n) is 4.74. The number of aryl methyl sites for hydroxylation is 1. The average Bonchev–Trinajstić information content (AvgIpc) is 2.48. The first-order chi connectivity index (χ1) is 9.76. The van der Waals surface area contributed by atoms with E-state index in [1.54, 1.807) is 0 Å². The minimum Gasteiger partial charge on any atom is -0.370 e. The summed E-state index contributed by atoms with van der Waals surface area (Å²) in [5, 5.41) is 12.2. The van der Waals surface area contributed by atoms with Gasteiger partial charge in [-0.05, 0) is 13.3 Å². The molecule has 0 amide bonds. The molecule has 0 radical (unpaired) electrons. The Labute approximate surface area is 119 Å². The van der Waals surface area contributed by atoms with Crippen molar-refractivity contribution in [3.05, 3.63) is 11.9 Å². The second kappa shape index (κ2) is 7.06. The van der Waals surface area contributed by atoms with E-state index in [2.05, 4.69) is 33.2 Å². The Kier molecular flexibility index (Phi) is 5.13. The van der Waals surface area contributed by atoms with Crippen molar-refractivity contribution in [2.24, 2.45) is 0 Å². The van der Waals surface area contributed by atoms with Gasteiger partial charge in [0.25, 0.3) is 0 Å². The highest BCUT2D eigenvalue weighted by Crippen LogP contribution is 2.19. The van der Waals surface area contributed by atoms with E-state index < -0.39 is 0 Å². The second-order valence-corrected chi connectivity index (χ2v) is 4.74. The van der Waals surface area contributed by atoms with Gasteiger partial charge < -0.3 is 15.0 Å². The van der Waals surface area contributed by atoms with Crippen LogP contribution in [-0.2, 0) is 11.2 Å². The van der Waals surface area contributed by atoms with Crippen LogP contribution in [0.1, 0.15) is 26.1 Å². The Hall–Kier alpha value is -1.87. The number of aromatic nitrogens is 2. The zero-order chi connectivity index (χ0) is 14.4. The van der Waals surface area contributed by atoms with Gasteiger partial charge in [0.1, 0.15) is 17.5 Å². The lowest BCUT2D eigenvalue weighted by Gasteiger charge is -2.31. The van der Waals surface area contributed by atoms with Crippen LogP contribution in [0.15, 0.2) is 6.07 Å². The molecule has 0 aromatic carbocycles. The van der Waals surface area contributed by atoms with E-state index in [9.17, 15) is 0 Å². The van der Waals surface area contributed by atoms with Crippen molar-refractivity contribution < 1.29 is 4.74 Å². The van der Waals surface area contributed by atoms with Crippen LogP contribution >= 0.6 is 0 Å². The molecule has 1 aromatic heterocycles. The molecule has 0 saturated carbocycles. The highest BCUT2D eigenvalue weighted by atomic mass is 16.5. The number of morpholine rings is 1. The van der Waals surface area contributed by atoms with E-state index >= 15 is 0 Å². The number of nitriles is 1. The lowest BCUT2D eigenvalue weighted by molar-refractivity contribution is 0.0761. The summed E-state index contributed by atoms with van der Waals surface area (Å²) < 4.78 is 5.37. The third kappa shape index (κ3) is 3.58. The molecule has 1 aliphatic heterocycles. The lowest BCUT2D eigenvalue weighted by Crippen LogP contribution is -2.42. The van der Waals surface area contributed by atoms with Crippen molar-refractivity contribution in [2.45, 2.75) is 32.8 Å². The monoisotopic (exact) mass is 275 g/mol. The molecule has 1 aromatic rings. The zero-order valence-electron chi connectivity index (χ0n) is 12.1. The normalized spacial score (nSPS) is 18.6. The predicted molar refractivity (Wildman–Crippen MR) is 77.8 cm³/mol. The summed E-state index contributed by atoms with van der Waals surface area (Å²) in [7, 11) is 0. The minimum atomic E-state index is -0.379. The van der Waals surface area contributed by atoms with Gasteiger partial charge in [-0.1, -0.05) is 6.92 Å². The Balaban J connectivity index is 2.22. The number of hydrogen-bond donors (Lipinski definition) is 1. The fourth-order valence-electron chi connectivity index (χ4n) is 2.19. The van der Waals surface area contributed by atoms with E-state index in [-0.39, 0.29) is 6.10 Å². The van der Waals surface area contributed by atoms with E-state index in [0.29, 0.717) is 13.2 Å². The van der Waals surface area contributed by atoms with Crippen molar-refractivity contribution in [3.63, 3.8) is 0 Å². The van der Waals surface area contributed by atoms with E-state index in [1.807, 2.05) is 13.0 Å². The highest BCUT2D eigenvalue weighted by molar-refractivity contribution is 5.50. The van der Waals surface area contributed by atoms with Crippen LogP contribution in [0, 0.1) is 11.3 Å². The highest BCUT2D eigenvalue weighted by Gasteiger charge is 2.21.